The lowest BCUT2D eigenvalue weighted by Crippen LogP contribution is -2.49. The molecule has 2 aliphatic heterocycles. The van der Waals surface area contributed by atoms with Crippen LogP contribution in [0.1, 0.15) is 28.2 Å². The summed E-state index contributed by atoms with van der Waals surface area (Å²) >= 11 is 1.66. The van der Waals surface area contributed by atoms with E-state index in [9.17, 15) is 9.90 Å². The summed E-state index contributed by atoms with van der Waals surface area (Å²) in [5, 5.41) is 15.5. The van der Waals surface area contributed by atoms with Crippen LogP contribution < -0.4 is 5.32 Å². The molecule has 6 heteroatoms. The topological polar surface area (TPSA) is 61.8 Å². The minimum absolute atomic E-state index is 0.0604. The van der Waals surface area contributed by atoms with Gasteiger partial charge in [0.15, 0.2) is 0 Å². The Labute approximate surface area is 144 Å². The second-order valence-corrected chi connectivity index (χ2v) is 7.28. The number of hydrogen-bond donors (Lipinski definition) is 2. The van der Waals surface area contributed by atoms with Gasteiger partial charge in [0.2, 0.25) is 5.91 Å². The molecule has 3 heterocycles. The molecule has 1 fully saturated rings. The summed E-state index contributed by atoms with van der Waals surface area (Å²) in [6.07, 6.45) is -1.12. The SMILES string of the molecule is CNC(=O)CN(Cc1cccs1)[C@H]1[C@H](O)[C@@H]2O[C@H]1c1ccccc12. The van der Waals surface area contributed by atoms with Gasteiger partial charge in [0.05, 0.1) is 12.6 Å². The van der Waals surface area contributed by atoms with E-state index in [0.717, 1.165) is 11.1 Å². The molecule has 0 aliphatic carbocycles. The molecule has 1 saturated heterocycles. The number of amides is 1. The van der Waals surface area contributed by atoms with Crippen LogP contribution in [0.15, 0.2) is 41.8 Å². The normalized spacial score (nSPS) is 27.5. The zero-order valence-corrected chi connectivity index (χ0v) is 14.2. The van der Waals surface area contributed by atoms with E-state index in [1.165, 1.54) is 4.88 Å². The van der Waals surface area contributed by atoms with Crippen molar-refractivity contribution in [3.05, 3.63) is 57.8 Å². The van der Waals surface area contributed by atoms with E-state index in [-0.39, 0.29) is 30.7 Å². The number of carbonyl (C=O) groups excluding carboxylic acids is 1. The van der Waals surface area contributed by atoms with E-state index in [0.29, 0.717) is 6.54 Å². The first kappa shape index (κ1) is 15.8. The van der Waals surface area contributed by atoms with E-state index >= 15 is 0 Å². The van der Waals surface area contributed by atoms with Gasteiger partial charge in [0.25, 0.3) is 0 Å². The van der Waals surface area contributed by atoms with E-state index in [2.05, 4.69) is 17.4 Å². The highest BCUT2D eigenvalue weighted by atomic mass is 32.1. The number of nitrogens with zero attached hydrogens (tertiary/aromatic N) is 1. The molecule has 5 nitrogen and oxygen atoms in total. The molecule has 0 unspecified atom stereocenters. The van der Waals surface area contributed by atoms with Crippen LogP contribution in [0.5, 0.6) is 0 Å². The van der Waals surface area contributed by atoms with Crippen molar-refractivity contribution in [2.24, 2.45) is 0 Å². The van der Waals surface area contributed by atoms with Crippen molar-refractivity contribution in [2.75, 3.05) is 13.6 Å². The predicted molar refractivity (Wildman–Crippen MR) is 91.6 cm³/mol. The van der Waals surface area contributed by atoms with Crippen molar-refractivity contribution in [1.82, 2.24) is 10.2 Å². The number of aliphatic hydroxyl groups is 1. The van der Waals surface area contributed by atoms with E-state index in [4.69, 9.17) is 4.74 Å². The number of ether oxygens (including phenoxy) is 1. The highest BCUT2D eigenvalue weighted by Gasteiger charge is 2.53. The molecule has 4 atom stereocenters. The van der Waals surface area contributed by atoms with Crippen LogP contribution in [0.25, 0.3) is 0 Å². The van der Waals surface area contributed by atoms with Crippen LogP contribution >= 0.6 is 11.3 Å². The van der Waals surface area contributed by atoms with Gasteiger partial charge in [-0.15, -0.1) is 11.3 Å². The van der Waals surface area contributed by atoms with Crippen LogP contribution in [0.3, 0.4) is 0 Å². The summed E-state index contributed by atoms with van der Waals surface area (Å²) in [6, 6.07) is 11.9. The highest BCUT2D eigenvalue weighted by Crippen LogP contribution is 2.52. The average Bonchev–Trinajstić information content (AvgIpc) is 3.30. The lowest BCUT2D eigenvalue weighted by atomic mass is 9.85. The lowest BCUT2D eigenvalue weighted by molar-refractivity contribution is -0.123. The molecule has 0 radical (unpaired) electrons. The zero-order chi connectivity index (χ0) is 16.7. The summed E-state index contributed by atoms with van der Waals surface area (Å²) < 4.78 is 6.06. The fourth-order valence-corrected chi connectivity index (χ4v) is 4.49. The number of likely N-dealkylation sites (N-methyl/N-ethyl adjacent to an activating group) is 1. The Morgan fingerprint density at radius 1 is 1.25 bits per heavy atom. The fraction of sp³-hybridized carbons (Fsp3) is 0.389. The number of rotatable bonds is 5. The first-order chi connectivity index (χ1) is 11.7. The van der Waals surface area contributed by atoms with E-state index < -0.39 is 6.10 Å². The molecule has 0 saturated carbocycles. The number of hydrogen-bond acceptors (Lipinski definition) is 5. The third kappa shape index (κ3) is 2.56. The number of thiophene rings is 1. The molecule has 1 aromatic heterocycles. The second-order valence-electron chi connectivity index (χ2n) is 6.24. The second kappa shape index (κ2) is 6.29. The number of benzene rings is 1. The van der Waals surface area contributed by atoms with Crippen molar-refractivity contribution in [2.45, 2.75) is 30.9 Å². The molecular weight excluding hydrogens is 324 g/mol. The number of carbonyl (C=O) groups is 1. The molecule has 126 valence electrons. The van der Waals surface area contributed by atoms with Crippen LogP contribution in [0, 0.1) is 0 Å². The van der Waals surface area contributed by atoms with Crippen LogP contribution in [0.2, 0.25) is 0 Å². The van der Waals surface area contributed by atoms with Gasteiger partial charge in [-0.2, -0.15) is 0 Å². The van der Waals surface area contributed by atoms with Crippen LogP contribution in [-0.4, -0.2) is 41.7 Å². The third-order valence-corrected chi connectivity index (χ3v) is 5.72. The van der Waals surface area contributed by atoms with Gasteiger partial charge in [-0.3, -0.25) is 9.69 Å². The first-order valence-corrected chi connectivity index (χ1v) is 8.96. The third-order valence-electron chi connectivity index (χ3n) is 4.86. The molecule has 1 amide bonds. The molecule has 24 heavy (non-hydrogen) atoms. The predicted octanol–water partition coefficient (Wildman–Crippen LogP) is 1.85. The summed E-state index contributed by atoms with van der Waals surface area (Å²) in [5.74, 6) is -0.0604. The van der Waals surface area contributed by atoms with Gasteiger partial charge in [0, 0.05) is 18.5 Å². The molecular formula is C18H20N2O3S. The molecule has 2 bridgehead atoms. The molecule has 0 spiro atoms. The van der Waals surface area contributed by atoms with Crippen molar-refractivity contribution >= 4 is 17.2 Å². The van der Waals surface area contributed by atoms with Gasteiger partial charge in [-0.25, -0.2) is 0 Å². The first-order valence-electron chi connectivity index (χ1n) is 8.08. The minimum atomic E-state index is -0.630. The van der Waals surface area contributed by atoms with E-state index in [1.807, 2.05) is 34.5 Å². The quantitative estimate of drug-likeness (QED) is 0.869. The summed E-state index contributed by atoms with van der Waals surface area (Å²) in [5.41, 5.74) is 2.20. The Morgan fingerprint density at radius 2 is 2.00 bits per heavy atom. The molecule has 1 aromatic carbocycles. The van der Waals surface area contributed by atoms with E-state index in [1.54, 1.807) is 18.4 Å². The Hall–Kier alpha value is -1.73. The molecule has 4 rings (SSSR count). The van der Waals surface area contributed by atoms with Gasteiger partial charge in [0.1, 0.15) is 18.3 Å². The smallest absolute Gasteiger partial charge is 0.233 e. The monoisotopic (exact) mass is 344 g/mol. The Morgan fingerprint density at radius 3 is 2.67 bits per heavy atom. The molecule has 2 aromatic rings. The largest absolute Gasteiger partial charge is 0.388 e. The zero-order valence-electron chi connectivity index (χ0n) is 13.4. The Balaban J connectivity index is 1.64. The van der Waals surface area contributed by atoms with Gasteiger partial charge < -0.3 is 15.2 Å². The fourth-order valence-electron chi connectivity index (χ4n) is 3.76. The van der Waals surface area contributed by atoms with Crippen LogP contribution in [-0.2, 0) is 16.1 Å². The minimum Gasteiger partial charge on any atom is -0.388 e. The maximum absolute atomic E-state index is 12.0. The van der Waals surface area contributed by atoms with Gasteiger partial charge >= 0.3 is 0 Å². The highest BCUT2D eigenvalue weighted by molar-refractivity contribution is 7.09. The Bertz CT molecular complexity index is 734. The van der Waals surface area contributed by atoms with Gasteiger partial charge in [-0.05, 0) is 22.6 Å². The average molecular weight is 344 g/mol. The number of aliphatic hydroxyl groups excluding tert-OH is 1. The van der Waals surface area contributed by atoms with Crippen molar-refractivity contribution in [3.8, 4) is 0 Å². The lowest BCUT2D eigenvalue weighted by Gasteiger charge is -2.35. The maximum atomic E-state index is 12.0. The Kier molecular flexibility index (Phi) is 4.14. The summed E-state index contributed by atoms with van der Waals surface area (Å²) in [4.78, 5) is 15.2. The standard InChI is InChI=1S/C18H20N2O3S/c1-19-14(21)10-20(9-11-5-4-8-24-11)15-16(22)18-13-7-3-2-6-12(13)17(15)23-18/h2-8,15-18,22H,9-10H2,1H3,(H,19,21)/t15-,16-,17-,18+/m0/s1. The van der Waals surface area contributed by atoms with Crippen molar-refractivity contribution < 1.29 is 14.6 Å². The summed E-state index contributed by atoms with van der Waals surface area (Å²) in [6.45, 7) is 0.867. The molecule has 2 aliphatic rings. The van der Waals surface area contributed by atoms with Gasteiger partial charge in [-0.1, -0.05) is 30.3 Å². The number of nitrogens with one attached hydrogen (secondary N) is 1. The van der Waals surface area contributed by atoms with Crippen molar-refractivity contribution in [1.29, 1.82) is 0 Å². The maximum Gasteiger partial charge on any atom is 0.233 e. The summed E-state index contributed by atoms with van der Waals surface area (Å²) in [7, 11) is 1.63. The number of fused-ring (bicyclic) bond motifs is 5. The molecule has 2 N–H and O–H groups in total. The van der Waals surface area contributed by atoms with Crippen LogP contribution in [0.4, 0.5) is 0 Å². The van der Waals surface area contributed by atoms with Crippen molar-refractivity contribution in [3.63, 3.8) is 0 Å².